The third-order valence-corrected chi connectivity index (χ3v) is 3.68. The van der Waals surface area contributed by atoms with Crippen molar-refractivity contribution in [2.45, 2.75) is 6.42 Å². The topological polar surface area (TPSA) is 79.2 Å². The quantitative estimate of drug-likeness (QED) is 0.879. The lowest BCUT2D eigenvalue weighted by Gasteiger charge is -2.07. The monoisotopic (exact) mass is 318 g/mol. The van der Waals surface area contributed by atoms with Crippen LogP contribution in [0.1, 0.15) is 32.7 Å². The van der Waals surface area contributed by atoms with Gasteiger partial charge in [-0.2, -0.15) is 5.26 Å². The Hall–Kier alpha value is -3.39. The fourth-order valence-corrected chi connectivity index (χ4v) is 2.38. The van der Waals surface area contributed by atoms with Gasteiger partial charge in [0.25, 0.3) is 5.91 Å². The molecule has 1 aliphatic heterocycles. The lowest BCUT2D eigenvalue weighted by molar-refractivity contribution is 0.0929. The smallest absolute Gasteiger partial charge is 0.257 e. The predicted octanol–water partition coefficient (Wildman–Crippen LogP) is 2.80. The number of carbonyl (C=O) groups is 2. The van der Waals surface area contributed by atoms with Crippen LogP contribution in [0.15, 0.2) is 66.1 Å². The average molecular weight is 318 g/mol. The first-order valence-corrected chi connectivity index (χ1v) is 7.46. The van der Waals surface area contributed by atoms with Gasteiger partial charge in [-0.15, -0.1) is 0 Å². The van der Waals surface area contributed by atoms with Crippen molar-refractivity contribution in [3.8, 4) is 6.07 Å². The van der Waals surface area contributed by atoms with E-state index in [9.17, 15) is 9.59 Å². The summed E-state index contributed by atoms with van der Waals surface area (Å²) < 4.78 is 5.24. The molecule has 0 atom stereocenters. The van der Waals surface area contributed by atoms with Crippen LogP contribution in [0.4, 0.5) is 0 Å². The van der Waals surface area contributed by atoms with Gasteiger partial charge in [0.05, 0.1) is 12.2 Å². The zero-order chi connectivity index (χ0) is 16.9. The molecule has 2 aromatic carbocycles. The average Bonchev–Trinajstić information content (AvgIpc) is 3.09. The van der Waals surface area contributed by atoms with Crippen LogP contribution >= 0.6 is 0 Å². The Balaban J connectivity index is 1.74. The maximum Gasteiger partial charge on any atom is 0.257 e. The number of nitriles is 1. The van der Waals surface area contributed by atoms with Crippen molar-refractivity contribution in [3.05, 3.63) is 82.7 Å². The van der Waals surface area contributed by atoms with E-state index in [4.69, 9.17) is 10.00 Å². The van der Waals surface area contributed by atoms with Crippen LogP contribution in [-0.4, -0.2) is 18.3 Å². The number of carbonyl (C=O) groups excluding carboxylic acids is 2. The molecule has 0 fully saturated rings. The molecular weight excluding hydrogens is 304 g/mol. The second kappa shape index (κ2) is 6.80. The summed E-state index contributed by atoms with van der Waals surface area (Å²) >= 11 is 0. The molecular formula is C19H14N2O3. The molecule has 118 valence electrons. The van der Waals surface area contributed by atoms with Crippen molar-refractivity contribution in [1.82, 2.24) is 5.32 Å². The number of hydrogen-bond acceptors (Lipinski definition) is 4. The fraction of sp³-hybridized carbons (Fsp3) is 0.105. The molecule has 2 aromatic rings. The van der Waals surface area contributed by atoms with Gasteiger partial charge in [0.2, 0.25) is 5.88 Å². The Morgan fingerprint density at radius 1 is 0.958 bits per heavy atom. The van der Waals surface area contributed by atoms with E-state index < -0.39 is 0 Å². The number of amides is 1. The number of benzene rings is 2. The minimum atomic E-state index is -0.377. The third kappa shape index (κ3) is 3.18. The number of hydrogen-bond donors (Lipinski definition) is 1. The highest BCUT2D eigenvalue weighted by Crippen LogP contribution is 2.17. The molecule has 1 aliphatic rings. The molecule has 0 saturated carbocycles. The number of nitrogens with zero attached hydrogens (tertiary/aromatic N) is 1. The molecule has 0 bridgehead atoms. The van der Waals surface area contributed by atoms with E-state index in [0.717, 1.165) is 0 Å². The van der Waals surface area contributed by atoms with E-state index in [1.807, 2.05) is 12.1 Å². The molecule has 24 heavy (non-hydrogen) atoms. The van der Waals surface area contributed by atoms with Crippen LogP contribution < -0.4 is 5.32 Å². The van der Waals surface area contributed by atoms with Crippen LogP contribution in [0.25, 0.3) is 0 Å². The largest absolute Gasteiger partial charge is 0.478 e. The van der Waals surface area contributed by atoms with Gasteiger partial charge in [-0.05, 0) is 12.1 Å². The summed E-state index contributed by atoms with van der Waals surface area (Å²) in [6.45, 7) is 0.392. The maximum atomic E-state index is 12.3. The molecule has 3 rings (SSSR count). The van der Waals surface area contributed by atoms with Gasteiger partial charge in [-0.1, -0.05) is 42.5 Å². The van der Waals surface area contributed by atoms with E-state index >= 15 is 0 Å². The van der Waals surface area contributed by atoms with Crippen LogP contribution in [0.5, 0.6) is 0 Å². The van der Waals surface area contributed by atoms with E-state index in [1.165, 1.54) is 0 Å². The molecule has 0 aromatic heterocycles. The zero-order valence-electron chi connectivity index (χ0n) is 12.8. The summed E-state index contributed by atoms with van der Waals surface area (Å²) in [5, 5.41) is 11.5. The first-order chi connectivity index (χ1) is 11.7. The molecule has 1 N–H and O–H groups in total. The Kier molecular flexibility index (Phi) is 4.39. The van der Waals surface area contributed by atoms with Gasteiger partial charge in [-0.3, -0.25) is 14.9 Å². The highest BCUT2D eigenvalue weighted by atomic mass is 16.5. The third-order valence-electron chi connectivity index (χ3n) is 3.68. The Morgan fingerprint density at radius 2 is 1.58 bits per heavy atom. The fourth-order valence-electron chi connectivity index (χ4n) is 2.38. The van der Waals surface area contributed by atoms with Gasteiger partial charge >= 0.3 is 0 Å². The first kappa shape index (κ1) is 15.5. The van der Waals surface area contributed by atoms with Crippen molar-refractivity contribution >= 4 is 11.7 Å². The summed E-state index contributed by atoms with van der Waals surface area (Å²) in [7, 11) is 0. The van der Waals surface area contributed by atoms with Crippen molar-refractivity contribution in [2.24, 2.45) is 0 Å². The van der Waals surface area contributed by atoms with Crippen molar-refractivity contribution < 1.29 is 14.3 Å². The molecule has 5 nitrogen and oxygen atoms in total. The van der Waals surface area contributed by atoms with Crippen LogP contribution in [0.3, 0.4) is 0 Å². The molecule has 0 radical (unpaired) electrons. The van der Waals surface area contributed by atoms with Crippen molar-refractivity contribution in [3.63, 3.8) is 0 Å². The Labute approximate surface area is 139 Å². The van der Waals surface area contributed by atoms with E-state index in [1.54, 1.807) is 48.5 Å². The second-order valence-electron chi connectivity index (χ2n) is 5.24. The Bertz CT molecular complexity index is 846. The van der Waals surface area contributed by atoms with Crippen LogP contribution in [-0.2, 0) is 4.74 Å². The molecule has 0 unspecified atom stereocenters. The normalized spacial score (nSPS) is 13.1. The van der Waals surface area contributed by atoms with Gasteiger partial charge in [0, 0.05) is 23.1 Å². The summed E-state index contributed by atoms with van der Waals surface area (Å²) in [6.07, 6.45) is 0.497. The number of rotatable bonds is 4. The van der Waals surface area contributed by atoms with Crippen LogP contribution in [0.2, 0.25) is 0 Å². The Morgan fingerprint density at radius 3 is 2.25 bits per heavy atom. The van der Waals surface area contributed by atoms with Gasteiger partial charge < -0.3 is 4.74 Å². The lowest BCUT2D eigenvalue weighted by Crippen LogP contribution is -2.23. The lowest BCUT2D eigenvalue weighted by atomic mass is 10.0. The van der Waals surface area contributed by atoms with E-state index in [2.05, 4.69) is 5.32 Å². The minimum absolute atomic E-state index is 0.101. The summed E-state index contributed by atoms with van der Waals surface area (Å²) in [4.78, 5) is 24.5. The summed E-state index contributed by atoms with van der Waals surface area (Å²) in [5.41, 5.74) is 1.92. The highest BCUT2D eigenvalue weighted by molar-refractivity contribution is 6.09. The minimum Gasteiger partial charge on any atom is -0.478 e. The second-order valence-corrected chi connectivity index (χ2v) is 5.24. The number of ether oxygens (including phenoxy) is 1. The van der Waals surface area contributed by atoms with Gasteiger partial charge in [0.1, 0.15) is 6.07 Å². The summed E-state index contributed by atoms with van der Waals surface area (Å²) in [6, 6.07) is 17.3. The summed E-state index contributed by atoms with van der Waals surface area (Å²) in [5.74, 6) is -0.263. The standard InChI is InChI=1S/C19H14N2O3/c20-12-16-10-11-24-19(16)21-18(23)15-8-6-14(7-9-15)17(22)13-4-2-1-3-5-13/h1-9H,10-11H2,(H,21,23). The highest BCUT2D eigenvalue weighted by Gasteiger charge is 2.19. The van der Waals surface area contributed by atoms with Crippen molar-refractivity contribution in [2.75, 3.05) is 6.61 Å². The van der Waals surface area contributed by atoms with Crippen molar-refractivity contribution in [1.29, 1.82) is 5.26 Å². The SMILES string of the molecule is N#CC1=C(NC(=O)c2ccc(C(=O)c3ccccc3)cc2)OCC1. The zero-order valence-corrected chi connectivity index (χ0v) is 12.8. The molecule has 0 spiro atoms. The number of ketones is 1. The molecule has 1 heterocycles. The molecule has 0 saturated heterocycles. The predicted molar refractivity (Wildman–Crippen MR) is 87.0 cm³/mol. The maximum absolute atomic E-state index is 12.3. The molecule has 0 aliphatic carbocycles. The van der Waals surface area contributed by atoms with Crippen LogP contribution in [0, 0.1) is 11.3 Å². The first-order valence-electron chi connectivity index (χ1n) is 7.46. The molecule has 1 amide bonds. The molecule has 5 heteroatoms. The van der Waals surface area contributed by atoms with E-state index in [-0.39, 0.29) is 17.6 Å². The van der Waals surface area contributed by atoms with Gasteiger partial charge in [0.15, 0.2) is 5.78 Å². The van der Waals surface area contributed by atoms with E-state index in [0.29, 0.717) is 35.3 Å². The van der Waals surface area contributed by atoms with Gasteiger partial charge in [-0.25, -0.2) is 0 Å². The number of nitrogens with one attached hydrogen (secondary N) is 1.